The number of nitrogens with one attached hydrogen (secondary N) is 2. The van der Waals surface area contributed by atoms with Gasteiger partial charge in [-0.25, -0.2) is 4.79 Å². The van der Waals surface area contributed by atoms with Crippen LogP contribution in [-0.2, 0) is 20.9 Å². The molecule has 1 aromatic rings. The maximum absolute atomic E-state index is 11.7. The number of urea groups is 1. The molecule has 0 aliphatic heterocycles. The smallest absolute Gasteiger partial charge is 0.321 e. The molecule has 112 valence electrons. The van der Waals surface area contributed by atoms with Crippen LogP contribution in [0.3, 0.4) is 0 Å². The van der Waals surface area contributed by atoms with Gasteiger partial charge in [-0.15, -0.1) is 0 Å². The van der Waals surface area contributed by atoms with Crippen LogP contribution in [0, 0.1) is 5.92 Å². The fourth-order valence-corrected chi connectivity index (χ4v) is 1.68. The Morgan fingerprint density at radius 3 is 2.52 bits per heavy atom. The first-order chi connectivity index (χ1) is 10.1. The monoisotopic (exact) mass is 290 g/mol. The Balaban J connectivity index is 1.71. The van der Waals surface area contributed by atoms with Crippen molar-refractivity contribution in [3.63, 3.8) is 0 Å². The summed E-state index contributed by atoms with van der Waals surface area (Å²) in [6.07, 6.45) is 0.649. The summed E-state index contributed by atoms with van der Waals surface area (Å²) in [5, 5.41) is 4.71. The number of carbonyl (C=O) groups excluding carboxylic acids is 3. The molecule has 2 N–H and O–H groups in total. The maximum atomic E-state index is 11.7. The van der Waals surface area contributed by atoms with Crippen molar-refractivity contribution in [1.29, 1.82) is 0 Å². The Morgan fingerprint density at radius 2 is 1.90 bits per heavy atom. The highest BCUT2D eigenvalue weighted by molar-refractivity contribution is 5.97. The van der Waals surface area contributed by atoms with Crippen molar-refractivity contribution in [2.24, 2.45) is 5.92 Å². The number of rotatable bonds is 5. The lowest BCUT2D eigenvalue weighted by atomic mass is 10.2. The molecule has 1 atom stereocenters. The summed E-state index contributed by atoms with van der Waals surface area (Å²) < 4.78 is 4.97. The van der Waals surface area contributed by atoms with Gasteiger partial charge >= 0.3 is 12.0 Å². The van der Waals surface area contributed by atoms with E-state index in [2.05, 4.69) is 10.6 Å². The van der Waals surface area contributed by atoms with Gasteiger partial charge in [-0.05, 0) is 25.3 Å². The highest BCUT2D eigenvalue weighted by Crippen LogP contribution is 2.30. The number of ether oxygens (including phenoxy) is 1. The molecule has 0 bridgehead atoms. The number of hydrogen-bond acceptors (Lipinski definition) is 4. The summed E-state index contributed by atoms with van der Waals surface area (Å²) in [5.74, 6) is -1.08. The molecule has 2 rings (SSSR count). The fraction of sp³-hybridized carbons (Fsp3) is 0.400. The zero-order chi connectivity index (χ0) is 15.2. The van der Waals surface area contributed by atoms with Gasteiger partial charge in [0.05, 0.1) is 5.92 Å². The van der Waals surface area contributed by atoms with Crippen molar-refractivity contribution in [2.75, 3.05) is 0 Å². The molecule has 0 radical (unpaired) electrons. The van der Waals surface area contributed by atoms with Gasteiger partial charge in [0.2, 0.25) is 0 Å². The number of carbonyl (C=O) groups is 3. The van der Waals surface area contributed by atoms with E-state index in [0.29, 0.717) is 6.54 Å². The lowest BCUT2D eigenvalue weighted by Crippen LogP contribution is -2.44. The van der Waals surface area contributed by atoms with E-state index in [4.69, 9.17) is 4.74 Å². The first kappa shape index (κ1) is 15.0. The van der Waals surface area contributed by atoms with Crippen LogP contribution in [0.4, 0.5) is 4.79 Å². The first-order valence-electron chi connectivity index (χ1n) is 6.89. The van der Waals surface area contributed by atoms with Gasteiger partial charge in [0.15, 0.2) is 6.10 Å². The van der Waals surface area contributed by atoms with Crippen LogP contribution in [-0.4, -0.2) is 24.0 Å². The summed E-state index contributed by atoms with van der Waals surface area (Å²) in [4.78, 5) is 34.7. The van der Waals surface area contributed by atoms with Gasteiger partial charge < -0.3 is 10.1 Å². The third kappa shape index (κ3) is 4.91. The summed E-state index contributed by atoms with van der Waals surface area (Å²) in [7, 11) is 0. The summed E-state index contributed by atoms with van der Waals surface area (Å²) in [5.41, 5.74) is 0.924. The zero-order valence-electron chi connectivity index (χ0n) is 11.8. The van der Waals surface area contributed by atoms with Crippen molar-refractivity contribution < 1.29 is 19.1 Å². The highest BCUT2D eigenvalue weighted by atomic mass is 16.5. The number of esters is 1. The second kappa shape index (κ2) is 6.88. The van der Waals surface area contributed by atoms with E-state index in [-0.39, 0.29) is 11.9 Å². The van der Waals surface area contributed by atoms with Crippen molar-refractivity contribution in [1.82, 2.24) is 10.6 Å². The minimum atomic E-state index is -0.972. The average molecular weight is 290 g/mol. The Morgan fingerprint density at radius 1 is 1.24 bits per heavy atom. The zero-order valence-corrected chi connectivity index (χ0v) is 11.8. The van der Waals surface area contributed by atoms with Gasteiger partial charge in [0.25, 0.3) is 5.91 Å². The van der Waals surface area contributed by atoms with Crippen LogP contribution in [0.5, 0.6) is 0 Å². The number of hydrogen-bond donors (Lipinski definition) is 2. The molecule has 1 aromatic carbocycles. The van der Waals surface area contributed by atoms with E-state index >= 15 is 0 Å². The molecule has 0 saturated heterocycles. The molecule has 6 nitrogen and oxygen atoms in total. The van der Waals surface area contributed by atoms with E-state index in [1.165, 1.54) is 6.92 Å². The largest absolute Gasteiger partial charge is 0.452 e. The van der Waals surface area contributed by atoms with Gasteiger partial charge in [-0.1, -0.05) is 30.3 Å². The van der Waals surface area contributed by atoms with Crippen LogP contribution in [0.25, 0.3) is 0 Å². The van der Waals surface area contributed by atoms with E-state index in [9.17, 15) is 14.4 Å². The van der Waals surface area contributed by atoms with E-state index in [1.807, 2.05) is 30.3 Å². The fourth-order valence-electron chi connectivity index (χ4n) is 1.68. The Bertz CT molecular complexity index is 526. The SMILES string of the molecule is C[C@H](OC(=O)C1CC1)C(=O)NC(=O)NCc1ccccc1. The molecular weight excluding hydrogens is 272 g/mol. The average Bonchev–Trinajstić information content (AvgIpc) is 3.30. The van der Waals surface area contributed by atoms with Crippen molar-refractivity contribution in [2.45, 2.75) is 32.4 Å². The quantitative estimate of drug-likeness (QED) is 0.802. The first-order valence-corrected chi connectivity index (χ1v) is 6.89. The molecule has 6 heteroatoms. The molecule has 3 amide bonds. The molecular formula is C15H18N2O4. The van der Waals surface area contributed by atoms with Crippen LogP contribution in [0.15, 0.2) is 30.3 Å². The molecule has 0 aromatic heterocycles. The third-order valence-corrected chi connectivity index (χ3v) is 3.11. The third-order valence-electron chi connectivity index (χ3n) is 3.11. The predicted octanol–water partition coefficient (Wildman–Crippen LogP) is 1.35. The van der Waals surface area contributed by atoms with Gasteiger partial charge in [0, 0.05) is 6.54 Å². The second-order valence-electron chi connectivity index (χ2n) is 5.01. The standard InChI is InChI=1S/C15H18N2O4/c1-10(21-14(19)12-7-8-12)13(18)17-15(20)16-9-11-5-3-2-4-6-11/h2-6,10,12H,7-9H2,1H3,(H2,16,17,18,20)/t10-/m0/s1. The van der Waals surface area contributed by atoms with Crippen LogP contribution in [0.2, 0.25) is 0 Å². The molecule has 1 aliphatic carbocycles. The normalized spacial score (nSPS) is 14.9. The van der Waals surface area contributed by atoms with Gasteiger partial charge in [0.1, 0.15) is 0 Å². The predicted molar refractivity (Wildman–Crippen MR) is 75.1 cm³/mol. The van der Waals surface area contributed by atoms with Gasteiger partial charge in [-0.2, -0.15) is 0 Å². The summed E-state index contributed by atoms with van der Waals surface area (Å²) >= 11 is 0. The van der Waals surface area contributed by atoms with Crippen LogP contribution >= 0.6 is 0 Å². The van der Waals surface area contributed by atoms with E-state index < -0.39 is 18.0 Å². The lowest BCUT2D eigenvalue weighted by molar-refractivity contribution is -0.155. The summed E-state index contributed by atoms with van der Waals surface area (Å²) in [6.45, 7) is 1.76. The molecule has 1 saturated carbocycles. The molecule has 0 unspecified atom stereocenters. The van der Waals surface area contributed by atoms with Crippen LogP contribution in [0.1, 0.15) is 25.3 Å². The van der Waals surface area contributed by atoms with Crippen molar-refractivity contribution in [3.05, 3.63) is 35.9 Å². The van der Waals surface area contributed by atoms with E-state index in [0.717, 1.165) is 18.4 Å². The maximum Gasteiger partial charge on any atom is 0.321 e. The topological polar surface area (TPSA) is 84.5 Å². The number of benzene rings is 1. The highest BCUT2D eigenvalue weighted by Gasteiger charge is 2.33. The minimum absolute atomic E-state index is 0.0767. The molecule has 0 heterocycles. The Labute approximate surface area is 122 Å². The summed E-state index contributed by atoms with van der Waals surface area (Å²) in [6, 6.07) is 8.71. The Kier molecular flexibility index (Phi) is 4.92. The lowest BCUT2D eigenvalue weighted by Gasteiger charge is -2.13. The minimum Gasteiger partial charge on any atom is -0.452 e. The molecule has 1 aliphatic rings. The molecule has 21 heavy (non-hydrogen) atoms. The van der Waals surface area contributed by atoms with Gasteiger partial charge in [-0.3, -0.25) is 14.9 Å². The second-order valence-corrected chi connectivity index (χ2v) is 5.01. The molecule has 0 spiro atoms. The number of imide groups is 1. The van der Waals surface area contributed by atoms with Crippen LogP contribution < -0.4 is 10.6 Å². The van der Waals surface area contributed by atoms with E-state index in [1.54, 1.807) is 0 Å². The Hall–Kier alpha value is -2.37. The number of amides is 3. The molecule has 1 fully saturated rings. The van der Waals surface area contributed by atoms with Crippen molar-refractivity contribution in [3.8, 4) is 0 Å². The van der Waals surface area contributed by atoms with Crippen molar-refractivity contribution >= 4 is 17.9 Å².